The van der Waals surface area contributed by atoms with E-state index >= 15 is 0 Å². The number of nitrogens with one attached hydrogen (secondary N) is 1. The first-order valence-corrected chi connectivity index (χ1v) is 14.5. The quantitative estimate of drug-likeness (QED) is 0.377. The summed E-state index contributed by atoms with van der Waals surface area (Å²) in [6, 6.07) is 17.9. The molecule has 1 saturated carbocycles. The van der Waals surface area contributed by atoms with Crippen molar-refractivity contribution in [1.29, 1.82) is 0 Å². The monoisotopic (exact) mass is 518 g/mol. The van der Waals surface area contributed by atoms with Crippen molar-refractivity contribution in [3.05, 3.63) is 70.8 Å². The molecule has 3 unspecified atom stereocenters. The smallest absolute Gasteiger partial charge is 0.248 e. The zero-order valence-corrected chi connectivity index (χ0v) is 22.2. The zero-order valence-electron chi connectivity index (χ0n) is 22.2. The van der Waals surface area contributed by atoms with Gasteiger partial charge in [0.05, 0.1) is 5.69 Å². The molecule has 0 radical (unpaired) electrons. The molecule has 0 spiro atoms. The summed E-state index contributed by atoms with van der Waals surface area (Å²) in [5, 5.41) is 17.2. The second-order valence-corrected chi connectivity index (χ2v) is 11.8. The molecular formula is C31H34N8. The Kier molecular flexibility index (Phi) is 5.43. The highest BCUT2D eigenvalue weighted by atomic mass is 15.4. The number of hydrogen-bond donors (Lipinski definition) is 2. The summed E-state index contributed by atoms with van der Waals surface area (Å²) in [5.74, 6) is 3.36. The van der Waals surface area contributed by atoms with Crippen molar-refractivity contribution in [3.63, 3.8) is 0 Å². The van der Waals surface area contributed by atoms with Gasteiger partial charge in [0.2, 0.25) is 11.9 Å². The van der Waals surface area contributed by atoms with Crippen LogP contribution in [0.5, 0.6) is 0 Å². The molecule has 2 aromatic heterocycles. The first-order chi connectivity index (χ1) is 19.2. The molecule has 4 aliphatic rings. The molecule has 3 N–H and O–H groups in total. The van der Waals surface area contributed by atoms with Gasteiger partial charge < -0.3 is 11.1 Å². The SMILES string of the molecule is Nc1nc(Nc2ccc3c(c2)CCC(N2CC4CC4C2)CC3)nn1-c1cc2c(nn1)-c1ccccc1CCC2. The molecule has 3 atom stereocenters. The van der Waals surface area contributed by atoms with E-state index in [9.17, 15) is 0 Å². The summed E-state index contributed by atoms with van der Waals surface area (Å²) in [4.78, 5) is 7.27. The van der Waals surface area contributed by atoms with Crippen molar-refractivity contribution in [2.75, 3.05) is 24.1 Å². The highest BCUT2D eigenvalue weighted by molar-refractivity contribution is 5.68. The highest BCUT2D eigenvalue weighted by Crippen LogP contribution is 2.46. The highest BCUT2D eigenvalue weighted by Gasteiger charge is 2.46. The van der Waals surface area contributed by atoms with Gasteiger partial charge in [-0.05, 0) is 104 Å². The molecule has 2 aromatic carbocycles. The lowest BCUT2D eigenvalue weighted by molar-refractivity contribution is 0.201. The fourth-order valence-corrected chi connectivity index (χ4v) is 7.12. The number of aryl methyl sites for hydroxylation is 4. The Labute approximate surface area is 228 Å². The molecule has 8 heteroatoms. The average Bonchev–Trinajstić information content (AvgIpc) is 3.54. The number of nitrogen functional groups attached to an aromatic ring is 1. The second kappa shape index (κ2) is 9.16. The molecule has 8 rings (SSSR count). The van der Waals surface area contributed by atoms with Crippen LogP contribution in [0.15, 0.2) is 48.5 Å². The first-order valence-electron chi connectivity index (χ1n) is 14.5. The lowest BCUT2D eigenvalue weighted by Crippen LogP contribution is -2.34. The first kappa shape index (κ1) is 23.1. The molecule has 1 saturated heterocycles. The van der Waals surface area contributed by atoms with Crippen molar-refractivity contribution in [2.45, 2.75) is 57.4 Å². The number of hydrogen-bond acceptors (Lipinski definition) is 7. The van der Waals surface area contributed by atoms with Gasteiger partial charge in [0, 0.05) is 30.4 Å². The maximum atomic E-state index is 6.31. The molecular weight excluding hydrogens is 484 g/mol. The third kappa shape index (κ3) is 4.27. The Bertz CT molecular complexity index is 1550. The summed E-state index contributed by atoms with van der Waals surface area (Å²) in [7, 11) is 0. The van der Waals surface area contributed by atoms with Gasteiger partial charge in [0.25, 0.3) is 0 Å². The number of nitrogens with two attached hydrogens (primary N) is 1. The molecule has 198 valence electrons. The van der Waals surface area contributed by atoms with Crippen LogP contribution in [-0.4, -0.2) is 49.0 Å². The Hall–Kier alpha value is -3.78. The van der Waals surface area contributed by atoms with E-state index in [0.717, 1.165) is 61.4 Å². The molecule has 0 bridgehead atoms. The van der Waals surface area contributed by atoms with E-state index in [1.807, 2.05) is 0 Å². The van der Waals surface area contributed by atoms with Crippen molar-refractivity contribution < 1.29 is 0 Å². The van der Waals surface area contributed by atoms with E-state index in [2.05, 4.69) is 79.0 Å². The summed E-state index contributed by atoms with van der Waals surface area (Å²) in [6.07, 6.45) is 9.34. The predicted octanol–water partition coefficient (Wildman–Crippen LogP) is 4.74. The van der Waals surface area contributed by atoms with E-state index in [0.29, 0.717) is 17.7 Å². The number of rotatable bonds is 4. The lowest BCUT2D eigenvalue weighted by atomic mass is 10.0. The van der Waals surface area contributed by atoms with Gasteiger partial charge in [0.15, 0.2) is 5.82 Å². The Morgan fingerprint density at radius 3 is 2.54 bits per heavy atom. The fraction of sp³-hybridized carbons (Fsp3) is 0.419. The molecule has 39 heavy (non-hydrogen) atoms. The summed E-state index contributed by atoms with van der Waals surface area (Å²) < 4.78 is 1.58. The van der Waals surface area contributed by atoms with Crippen LogP contribution < -0.4 is 11.1 Å². The van der Waals surface area contributed by atoms with E-state index in [-0.39, 0.29) is 0 Å². The predicted molar refractivity (Wildman–Crippen MR) is 152 cm³/mol. The molecule has 1 aliphatic heterocycles. The summed E-state index contributed by atoms with van der Waals surface area (Å²) in [6.45, 7) is 2.66. The second-order valence-electron chi connectivity index (χ2n) is 11.8. The number of anilines is 3. The van der Waals surface area contributed by atoms with Gasteiger partial charge >= 0.3 is 0 Å². The van der Waals surface area contributed by atoms with Gasteiger partial charge in [0.1, 0.15) is 0 Å². The fourth-order valence-electron chi connectivity index (χ4n) is 7.12. The topological polar surface area (TPSA) is 97.8 Å². The molecule has 8 nitrogen and oxygen atoms in total. The molecule has 3 heterocycles. The number of piperidine rings is 1. The summed E-state index contributed by atoms with van der Waals surface area (Å²) in [5.41, 5.74) is 14.8. The number of aromatic nitrogens is 5. The maximum absolute atomic E-state index is 6.31. The van der Waals surface area contributed by atoms with Crippen LogP contribution in [0.1, 0.15) is 47.9 Å². The summed E-state index contributed by atoms with van der Waals surface area (Å²) >= 11 is 0. The van der Waals surface area contributed by atoms with E-state index in [1.165, 1.54) is 60.2 Å². The van der Waals surface area contributed by atoms with Gasteiger partial charge in [-0.3, -0.25) is 4.90 Å². The zero-order chi connectivity index (χ0) is 25.9. The largest absolute Gasteiger partial charge is 0.368 e. The van der Waals surface area contributed by atoms with Gasteiger partial charge in [-0.25, -0.2) is 0 Å². The van der Waals surface area contributed by atoms with Gasteiger partial charge in [-0.1, -0.05) is 30.3 Å². The Balaban J connectivity index is 1.01. The van der Waals surface area contributed by atoms with Crippen LogP contribution in [0, 0.1) is 11.8 Å². The number of likely N-dealkylation sites (tertiary alicyclic amines) is 1. The normalized spacial score (nSPS) is 23.6. The van der Waals surface area contributed by atoms with Crippen LogP contribution in [0.3, 0.4) is 0 Å². The van der Waals surface area contributed by atoms with Crippen LogP contribution in [0.2, 0.25) is 0 Å². The minimum absolute atomic E-state index is 0.294. The molecule has 0 amide bonds. The van der Waals surface area contributed by atoms with Crippen LogP contribution >= 0.6 is 0 Å². The molecule has 4 aromatic rings. The average molecular weight is 519 g/mol. The third-order valence-corrected chi connectivity index (χ3v) is 9.35. The molecule has 2 fully saturated rings. The van der Waals surface area contributed by atoms with Crippen LogP contribution in [0.4, 0.5) is 17.6 Å². The molecule has 3 aliphatic carbocycles. The van der Waals surface area contributed by atoms with Crippen molar-refractivity contribution >= 4 is 17.6 Å². The van der Waals surface area contributed by atoms with Gasteiger partial charge in [-0.15, -0.1) is 15.3 Å². The lowest BCUT2D eigenvalue weighted by Gasteiger charge is -2.27. The minimum atomic E-state index is 0.294. The van der Waals surface area contributed by atoms with E-state index in [1.54, 1.807) is 4.68 Å². The van der Waals surface area contributed by atoms with Crippen LogP contribution in [-0.2, 0) is 25.7 Å². The van der Waals surface area contributed by atoms with Crippen molar-refractivity contribution in [1.82, 2.24) is 29.9 Å². The van der Waals surface area contributed by atoms with E-state index < -0.39 is 0 Å². The Morgan fingerprint density at radius 1 is 0.821 bits per heavy atom. The Morgan fingerprint density at radius 2 is 1.64 bits per heavy atom. The maximum Gasteiger partial charge on any atom is 0.248 e. The standard InChI is InChI=1S/C31H34N8/c32-30-34-31(37-39(30)28-16-22-6-3-5-20-4-1-2-7-27(20)29(22)36-35-28)33-25-11-8-19-9-12-26(13-10-21(19)15-25)38-17-23-14-24(23)18-38/h1-2,4,7-8,11,15-16,23-24,26H,3,5-6,9-10,12-14,17-18H2,(H3,32,33,34,37). The number of fused-ring (bicyclic) bond motifs is 5. The van der Waals surface area contributed by atoms with Crippen LogP contribution in [0.25, 0.3) is 17.1 Å². The third-order valence-electron chi connectivity index (χ3n) is 9.35. The van der Waals surface area contributed by atoms with E-state index in [4.69, 9.17) is 5.73 Å². The van der Waals surface area contributed by atoms with Gasteiger partial charge in [-0.2, -0.15) is 9.67 Å². The minimum Gasteiger partial charge on any atom is -0.368 e. The number of benzene rings is 2. The number of nitrogens with zero attached hydrogens (tertiary/aromatic N) is 6. The van der Waals surface area contributed by atoms with Crippen molar-refractivity contribution in [3.8, 4) is 17.1 Å². The van der Waals surface area contributed by atoms with Crippen molar-refractivity contribution in [2.24, 2.45) is 11.8 Å².